The van der Waals surface area contributed by atoms with E-state index in [-0.39, 0.29) is 0 Å². The van der Waals surface area contributed by atoms with Gasteiger partial charge in [-0.2, -0.15) is 0 Å². The maximum atomic E-state index is 6.40. The monoisotopic (exact) mass is 643 g/mol. The van der Waals surface area contributed by atoms with E-state index in [9.17, 15) is 0 Å². The van der Waals surface area contributed by atoms with E-state index in [1.165, 1.54) is 53.2 Å². The summed E-state index contributed by atoms with van der Waals surface area (Å²) in [6.07, 6.45) is 0. The Labute approximate surface area is 287 Å². The Morgan fingerprint density at radius 1 is 0.388 bits per heavy atom. The molecule has 0 aliphatic heterocycles. The molecule has 0 fully saturated rings. The topological polar surface area (TPSA) is 16.4 Å². The zero-order chi connectivity index (χ0) is 32.3. The van der Waals surface area contributed by atoms with Gasteiger partial charge in [-0.1, -0.05) is 121 Å². The first-order valence-electron chi connectivity index (χ1n) is 16.6. The number of anilines is 3. The summed E-state index contributed by atoms with van der Waals surface area (Å²) in [4.78, 5) is 2.36. The molecule has 0 radical (unpaired) electrons. The fourth-order valence-corrected chi connectivity index (χ4v) is 8.62. The van der Waals surface area contributed by atoms with E-state index in [1.54, 1.807) is 0 Å². The number of thiophene rings is 1. The first-order chi connectivity index (χ1) is 24.3. The molecule has 2 nitrogen and oxygen atoms in total. The van der Waals surface area contributed by atoms with E-state index in [0.717, 1.165) is 39.0 Å². The lowest BCUT2D eigenvalue weighted by molar-refractivity contribution is 0.669. The Morgan fingerprint density at radius 2 is 0.980 bits per heavy atom. The SMILES string of the molecule is c1cc(-c2cccc3ccccc23)cc(N(c2cccc(-c3cccc4c3sc3ccccc34)c2)c2ccc3c(c2)oc2ccccc23)c1. The Hall–Kier alpha value is -6.16. The molecule has 0 aliphatic carbocycles. The highest BCUT2D eigenvalue weighted by Gasteiger charge is 2.18. The number of benzene rings is 8. The van der Waals surface area contributed by atoms with Crippen molar-refractivity contribution in [3.8, 4) is 22.3 Å². The molecule has 230 valence electrons. The summed E-state index contributed by atoms with van der Waals surface area (Å²) < 4.78 is 9.03. The van der Waals surface area contributed by atoms with Gasteiger partial charge in [-0.25, -0.2) is 0 Å². The Bertz CT molecular complexity index is 2850. The molecule has 0 aliphatic rings. The number of fused-ring (bicyclic) bond motifs is 7. The van der Waals surface area contributed by atoms with Crippen molar-refractivity contribution in [1.29, 1.82) is 0 Å². The van der Waals surface area contributed by atoms with Gasteiger partial charge < -0.3 is 9.32 Å². The van der Waals surface area contributed by atoms with Gasteiger partial charge in [-0.3, -0.25) is 0 Å². The van der Waals surface area contributed by atoms with E-state index in [4.69, 9.17) is 4.42 Å². The Morgan fingerprint density at radius 3 is 1.84 bits per heavy atom. The molecule has 0 bridgehead atoms. The van der Waals surface area contributed by atoms with Crippen LogP contribution in [0.25, 0.3) is 75.1 Å². The molecule has 0 saturated carbocycles. The molecule has 49 heavy (non-hydrogen) atoms. The van der Waals surface area contributed by atoms with Gasteiger partial charge in [0.1, 0.15) is 11.2 Å². The average molecular weight is 644 g/mol. The smallest absolute Gasteiger partial charge is 0.137 e. The molecule has 8 aromatic carbocycles. The van der Waals surface area contributed by atoms with Crippen LogP contribution in [-0.2, 0) is 0 Å². The second-order valence-corrected chi connectivity index (χ2v) is 13.6. The van der Waals surface area contributed by atoms with E-state index in [0.29, 0.717) is 0 Å². The summed E-state index contributed by atoms with van der Waals surface area (Å²) in [6, 6.07) is 63.2. The summed E-state index contributed by atoms with van der Waals surface area (Å²) in [5.74, 6) is 0. The summed E-state index contributed by atoms with van der Waals surface area (Å²) in [5, 5.41) is 7.35. The van der Waals surface area contributed by atoms with Crippen LogP contribution in [0.1, 0.15) is 0 Å². The van der Waals surface area contributed by atoms with Gasteiger partial charge >= 0.3 is 0 Å². The lowest BCUT2D eigenvalue weighted by Gasteiger charge is -2.26. The molecule has 0 saturated heterocycles. The van der Waals surface area contributed by atoms with Crippen molar-refractivity contribution in [2.75, 3.05) is 4.90 Å². The van der Waals surface area contributed by atoms with Crippen LogP contribution < -0.4 is 4.90 Å². The summed E-state index contributed by atoms with van der Waals surface area (Å²) >= 11 is 1.87. The lowest BCUT2D eigenvalue weighted by atomic mass is 9.97. The van der Waals surface area contributed by atoms with Crippen molar-refractivity contribution in [3.05, 3.63) is 176 Å². The average Bonchev–Trinajstić information content (AvgIpc) is 3.73. The minimum Gasteiger partial charge on any atom is -0.456 e. The number of nitrogens with zero attached hydrogens (tertiary/aromatic N) is 1. The number of rotatable bonds is 5. The second-order valence-electron chi connectivity index (χ2n) is 12.5. The van der Waals surface area contributed by atoms with Crippen molar-refractivity contribution in [3.63, 3.8) is 0 Å². The molecule has 2 aromatic heterocycles. The van der Waals surface area contributed by atoms with Gasteiger partial charge in [0.15, 0.2) is 0 Å². The van der Waals surface area contributed by atoms with Crippen LogP contribution in [0.15, 0.2) is 180 Å². The summed E-state index contributed by atoms with van der Waals surface area (Å²) in [6.45, 7) is 0. The van der Waals surface area contributed by atoms with Crippen LogP contribution >= 0.6 is 11.3 Å². The van der Waals surface area contributed by atoms with Crippen LogP contribution in [0.4, 0.5) is 17.1 Å². The van der Waals surface area contributed by atoms with E-state index >= 15 is 0 Å². The lowest BCUT2D eigenvalue weighted by Crippen LogP contribution is -2.10. The zero-order valence-corrected chi connectivity index (χ0v) is 27.3. The quantitative estimate of drug-likeness (QED) is 0.186. The third-order valence-electron chi connectivity index (χ3n) is 9.65. The Kier molecular flexibility index (Phi) is 6.39. The minimum absolute atomic E-state index is 0.875. The molecule has 2 heterocycles. The molecular weight excluding hydrogens is 615 g/mol. The van der Waals surface area contributed by atoms with Crippen molar-refractivity contribution in [2.45, 2.75) is 0 Å². The molecule has 0 atom stereocenters. The van der Waals surface area contributed by atoms with Gasteiger partial charge in [-0.05, 0) is 81.6 Å². The predicted molar refractivity (Wildman–Crippen MR) is 210 cm³/mol. The molecule has 10 rings (SSSR count). The molecule has 10 aromatic rings. The number of furan rings is 1. The van der Waals surface area contributed by atoms with E-state index in [1.807, 2.05) is 23.5 Å². The van der Waals surface area contributed by atoms with Crippen molar-refractivity contribution in [1.82, 2.24) is 0 Å². The third-order valence-corrected chi connectivity index (χ3v) is 10.9. The van der Waals surface area contributed by atoms with E-state index in [2.05, 4.69) is 169 Å². The number of hydrogen-bond acceptors (Lipinski definition) is 3. The van der Waals surface area contributed by atoms with Crippen LogP contribution in [-0.4, -0.2) is 0 Å². The Balaban J connectivity index is 1.17. The van der Waals surface area contributed by atoms with Gasteiger partial charge in [0.05, 0.1) is 0 Å². The third kappa shape index (κ3) is 4.62. The first-order valence-corrected chi connectivity index (χ1v) is 17.4. The van der Waals surface area contributed by atoms with Crippen molar-refractivity contribution >= 4 is 81.3 Å². The fraction of sp³-hybridized carbons (Fsp3) is 0. The van der Waals surface area contributed by atoms with Crippen molar-refractivity contribution < 1.29 is 4.42 Å². The minimum atomic E-state index is 0.875. The van der Waals surface area contributed by atoms with Gasteiger partial charge in [-0.15, -0.1) is 11.3 Å². The predicted octanol–water partition coefficient (Wildman–Crippen LogP) is 13.9. The largest absolute Gasteiger partial charge is 0.456 e. The normalized spacial score (nSPS) is 11.7. The summed E-state index contributed by atoms with van der Waals surface area (Å²) in [7, 11) is 0. The standard InChI is InChI=1S/C46H29NOS/c1-2-17-36-30(11-1)12-9-20-37(36)31-13-7-15-33(27-31)47(35-25-26-40-39-18-3-5-23-43(39)48-44(40)29-35)34-16-8-14-32(28-34)38-21-10-22-42-41-19-4-6-24-45(41)49-46(38)42/h1-29H. The van der Waals surface area contributed by atoms with Crippen LogP contribution in [0.5, 0.6) is 0 Å². The van der Waals surface area contributed by atoms with Crippen LogP contribution in [0, 0.1) is 0 Å². The highest BCUT2D eigenvalue weighted by molar-refractivity contribution is 7.26. The van der Waals surface area contributed by atoms with E-state index < -0.39 is 0 Å². The number of hydrogen-bond donors (Lipinski definition) is 0. The van der Waals surface area contributed by atoms with Crippen LogP contribution in [0.2, 0.25) is 0 Å². The molecule has 3 heteroatoms. The van der Waals surface area contributed by atoms with Gasteiger partial charge in [0.2, 0.25) is 0 Å². The summed E-state index contributed by atoms with van der Waals surface area (Å²) in [5.41, 5.74) is 9.82. The van der Waals surface area contributed by atoms with Gasteiger partial charge in [0, 0.05) is 54.1 Å². The molecule has 0 N–H and O–H groups in total. The second kappa shape index (κ2) is 11.2. The van der Waals surface area contributed by atoms with Gasteiger partial charge in [0.25, 0.3) is 0 Å². The zero-order valence-electron chi connectivity index (χ0n) is 26.5. The van der Waals surface area contributed by atoms with Crippen molar-refractivity contribution in [2.24, 2.45) is 0 Å². The number of para-hydroxylation sites is 1. The maximum absolute atomic E-state index is 6.40. The highest BCUT2D eigenvalue weighted by Crippen LogP contribution is 2.44. The highest BCUT2D eigenvalue weighted by atomic mass is 32.1. The van der Waals surface area contributed by atoms with Crippen LogP contribution in [0.3, 0.4) is 0 Å². The molecule has 0 unspecified atom stereocenters. The molecule has 0 amide bonds. The first kappa shape index (κ1) is 27.9. The molecular formula is C46H29NOS. The fourth-order valence-electron chi connectivity index (χ4n) is 7.38. The maximum Gasteiger partial charge on any atom is 0.137 e. The molecule has 0 spiro atoms.